The summed E-state index contributed by atoms with van der Waals surface area (Å²) < 4.78 is 11.1. The predicted molar refractivity (Wildman–Crippen MR) is 96.0 cm³/mol. The van der Waals surface area contributed by atoms with Crippen molar-refractivity contribution in [1.29, 1.82) is 5.26 Å². The van der Waals surface area contributed by atoms with Gasteiger partial charge in [-0.05, 0) is 35.9 Å². The molecule has 0 aliphatic carbocycles. The average Bonchev–Trinajstić information content (AvgIpc) is 2.64. The van der Waals surface area contributed by atoms with Crippen molar-refractivity contribution in [2.24, 2.45) is 0 Å². The van der Waals surface area contributed by atoms with Gasteiger partial charge < -0.3 is 14.4 Å². The van der Waals surface area contributed by atoms with Gasteiger partial charge in [0, 0.05) is 24.2 Å². The molecule has 130 valence electrons. The van der Waals surface area contributed by atoms with E-state index in [0.29, 0.717) is 41.7 Å². The van der Waals surface area contributed by atoms with Gasteiger partial charge in [-0.1, -0.05) is 23.7 Å². The summed E-state index contributed by atoms with van der Waals surface area (Å²) >= 11 is 5.87. The topological polar surface area (TPSA) is 62.6 Å². The number of benzene rings is 2. The van der Waals surface area contributed by atoms with Crippen LogP contribution in [0.5, 0.6) is 11.5 Å². The quantitative estimate of drug-likeness (QED) is 0.752. The van der Waals surface area contributed by atoms with Crippen molar-refractivity contribution in [2.75, 3.05) is 20.7 Å². The summed E-state index contributed by atoms with van der Waals surface area (Å²) in [6.07, 6.45) is 0.293. The zero-order valence-corrected chi connectivity index (χ0v) is 14.9. The van der Waals surface area contributed by atoms with Gasteiger partial charge >= 0.3 is 0 Å². The summed E-state index contributed by atoms with van der Waals surface area (Å²) in [6.45, 7) is 0.745. The fraction of sp³-hybridized carbons (Fsp3) is 0.263. The smallest absolute Gasteiger partial charge is 0.253 e. The molecule has 6 heteroatoms. The van der Waals surface area contributed by atoms with Crippen molar-refractivity contribution in [1.82, 2.24) is 4.90 Å². The second-order valence-electron chi connectivity index (χ2n) is 5.42. The third-order valence-corrected chi connectivity index (χ3v) is 3.88. The normalized spacial score (nSPS) is 10.0. The number of nitriles is 1. The first-order valence-corrected chi connectivity index (χ1v) is 8.10. The maximum atomic E-state index is 12.3. The summed E-state index contributed by atoms with van der Waals surface area (Å²) in [5.74, 6) is 0.861. The molecule has 0 aliphatic rings. The highest BCUT2D eigenvalue weighted by atomic mass is 35.5. The van der Waals surface area contributed by atoms with Crippen molar-refractivity contribution in [3.8, 4) is 17.6 Å². The zero-order valence-electron chi connectivity index (χ0n) is 14.2. The molecule has 0 aliphatic heterocycles. The van der Waals surface area contributed by atoms with Gasteiger partial charge in [0.2, 0.25) is 0 Å². The van der Waals surface area contributed by atoms with Crippen LogP contribution in [0.15, 0.2) is 42.5 Å². The molecule has 2 aromatic carbocycles. The third-order valence-electron chi connectivity index (χ3n) is 3.62. The van der Waals surface area contributed by atoms with E-state index in [2.05, 4.69) is 0 Å². The molecule has 0 radical (unpaired) electrons. The van der Waals surface area contributed by atoms with Crippen LogP contribution < -0.4 is 9.47 Å². The molecule has 2 rings (SSSR count). The van der Waals surface area contributed by atoms with Crippen LogP contribution in [0.4, 0.5) is 0 Å². The van der Waals surface area contributed by atoms with E-state index in [0.717, 1.165) is 5.56 Å². The van der Waals surface area contributed by atoms with Gasteiger partial charge in [-0.2, -0.15) is 5.26 Å². The van der Waals surface area contributed by atoms with Gasteiger partial charge in [-0.15, -0.1) is 0 Å². The van der Waals surface area contributed by atoms with Gasteiger partial charge in [-0.25, -0.2) is 0 Å². The number of halogens is 1. The number of methoxy groups -OCH3 is 1. The molecular weight excluding hydrogens is 340 g/mol. The molecule has 25 heavy (non-hydrogen) atoms. The van der Waals surface area contributed by atoms with Crippen molar-refractivity contribution >= 4 is 17.5 Å². The number of ether oxygens (including phenoxy) is 2. The Kier molecular flexibility index (Phi) is 6.67. The lowest BCUT2D eigenvalue weighted by Crippen LogP contribution is -2.27. The maximum absolute atomic E-state index is 12.3. The fourth-order valence-electron chi connectivity index (χ4n) is 2.20. The SMILES string of the molecule is COc1cc(C(=O)N(C)CCC#N)ccc1OCc1ccc(Cl)cc1. The highest BCUT2D eigenvalue weighted by Crippen LogP contribution is 2.29. The van der Waals surface area contributed by atoms with Crippen LogP contribution in [0, 0.1) is 11.3 Å². The summed E-state index contributed by atoms with van der Waals surface area (Å²) in [5, 5.41) is 9.29. The molecule has 0 unspecified atom stereocenters. The Labute approximate surface area is 152 Å². The standard InChI is InChI=1S/C19H19ClN2O3/c1-22(11-3-10-21)19(23)15-6-9-17(18(12-15)24-2)25-13-14-4-7-16(20)8-5-14/h4-9,12H,3,11,13H2,1-2H3. The van der Waals surface area contributed by atoms with Gasteiger partial charge in [-0.3, -0.25) is 4.79 Å². The van der Waals surface area contributed by atoms with Gasteiger partial charge in [0.25, 0.3) is 5.91 Å². The largest absolute Gasteiger partial charge is 0.493 e. The Morgan fingerprint density at radius 3 is 2.56 bits per heavy atom. The van der Waals surface area contributed by atoms with Crippen LogP contribution in [0.3, 0.4) is 0 Å². The highest BCUT2D eigenvalue weighted by molar-refractivity contribution is 6.30. The van der Waals surface area contributed by atoms with E-state index in [-0.39, 0.29) is 5.91 Å². The Balaban J connectivity index is 2.09. The van der Waals surface area contributed by atoms with Crippen LogP contribution in [0.25, 0.3) is 0 Å². The first-order valence-electron chi connectivity index (χ1n) is 7.73. The molecule has 0 bridgehead atoms. The molecule has 2 aromatic rings. The molecule has 0 aromatic heterocycles. The van der Waals surface area contributed by atoms with E-state index < -0.39 is 0 Å². The third kappa shape index (κ3) is 5.13. The Morgan fingerprint density at radius 2 is 1.92 bits per heavy atom. The van der Waals surface area contributed by atoms with E-state index in [1.54, 1.807) is 37.4 Å². The average molecular weight is 359 g/mol. The molecule has 0 atom stereocenters. The van der Waals surface area contributed by atoms with Crippen molar-refractivity contribution in [2.45, 2.75) is 13.0 Å². The number of rotatable bonds is 7. The zero-order chi connectivity index (χ0) is 18.2. The van der Waals surface area contributed by atoms with Crippen LogP contribution >= 0.6 is 11.6 Å². The number of hydrogen-bond acceptors (Lipinski definition) is 4. The molecule has 0 N–H and O–H groups in total. The van der Waals surface area contributed by atoms with Crippen molar-refractivity contribution in [3.63, 3.8) is 0 Å². The van der Waals surface area contributed by atoms with Crippen LogP contribution in [-0.2, 0) is 6.61 Å². The maximum Gasteiger partial charge on any atom is 0.253 e. The van der Waals surface area contributed by atoms with Gasteiger partial charge in [0.15, 0.2) is 11.5 Å². The van der Waals surface area contributed by atoms with Crippen LogP contribution in [0.1, 0.15) is 22.3 Å². The first kappa shape index (κ1) is 18.6. The second-order valence-corrected chi connectivity index (χ2v) is 5.85. The Bertz CT molecular complexity index is 769. The highest BCUT2D eigenvalue weighted by Gasteiger charge is 2.15. The number of hydrogen-bond donors (Lipinski definition) is 0. The van der Waals surface area contributed by atoms with Crippen LogP contribution in [0.2, 0.25) is 5.02 Å². The molecule has 0 saturated carbocycles. The number of carbonyl (C=O) groups excluding carboxylic acids is 1. The number of nitrogens with zero attached hydrogens (tertiary/aromatic N) is 2. The summed E-state index contributed by atoms with van der Waals surface area (Å²) in [7, 11) is 3.19. The molecule has 1 amide bonds. The minimum absolute atomic E-state index is 0.169. The summed E-state index contributed by atoms with van der Waals surface area (Å²) in [6, 6.07) is 14.4. The van der Waals surface area contributed by atoms with Crippen molar-refractivity contribution < 1.29 is 14.3 Å². The van der Waals surface area contributed by atoms with Gasteiger partial charge in [0.1, 0.15) is 6.61 Å². The Morgan fingerprint density at radius 1 is 1.20 bits per heavy atom. The lowest BCUT2D eigenvalue weighted by atomic mass is 10.1. The minimum Gasteiger partial charge on any atom is -0.493 e. The van der Waals surface area contributed by atoms with E-state index in [4.69, 9.17) is 26.3 Å². The molecule has 5 nitrogen and oxygen atoms in total. The van der Waals surface area contributed by atoms with E-state index in [9.17, 15) is 4.79 Å². The van der Waals surface area contributed by atoms with Crippen LogP contribution in [-0.4, -0.2) is 31.5 Å². The monoisotopic (exact) mass is 358 g/mol. The fourth-order valence-corrected chi connectivity index (χ4v) is 2.33. The molecular formula is C19H19ClN2O3. The van der Waals surface area contributed by atoms with Crippen molar-refractivity contribution in [3.05, 3.63) is 58.6 Å². The number of amides is 1. The minimum atomic E-state index is -0.169. The summed E-state index contributed by atoms with van der Waals surface area (Å²) in [5.41, 5.74) is 1.46. The molecule has 0 saturated heterocycles. The number of carbonyl (C=O) groups is 1. The lowest BCUT2D eigenvalue weighted by Gasteiger charge is -2.17. The Hall–Kier alpha value is -2.71. The van der Waals surface area contributed by atoms with E-state index >= 15 is 0 Å². The lowest BCUT2D eigenvalue weighted by molar-refractivity contribution is 0.0797. The molecule has 0 fully saturated rings. The van der Waals surface area contributed by atoms with Gasteiger partial charge in [0.05, 0.1) is 19.6 Å². The second kappa shape index (κ2) is 8.95. The van der Waals surface area contributed by atoms with E-state index in [1.165, 1.54) is 12.0 Å². The predicted octanol–water partition coefficient (Wildman–Crippen LogP) is 3.91. The molecule has 0 spiro atoms. The van der Waals surface area contributed by atoms with E-state index in [1.807, 2.05) is 18.2 Å². The first-order chi connectivity index (χ1) is 12.0. The summed E-state index contributed by atoms with van der Waals surface area (Å²) in [4.78, 5) is 13.9. The molecule has 0 heterocycles.